The zero-order valence-corrected chi connectivity index (χ0v) is 10.7. The smallest absolute Gasteiger partial charge is 0.0701 e. The van der Waals surface area contributed by atoms with Gasteiger partial charge in [-0.3, -0.25) is 4.98 Å². The van der Waals surface area contributed by atoms with Gasteiger partial charge in [0.25, 0.3) is 0 Å². The van der Waals surface area contributed by atoms with Gasteiger partial charge in [0.15, 0.2) is 0 Å². The van der Waals surface area contributed by atoms with Crippen LogP contribution < -0.4 is 0 Å². The molecule has 0 amide bonds. The van der Waals surface area contributed by atoms with Gasteiger partial charge >= 0.3 is 0 Å². The predicted molar refractivity (Wildman–Crippen MR) is 72.3 cm³/mol. The van der Waals surface area contributed by atoms with Gasteiger partial charge in [-0.05, 0) is 30.5 Å². The normalized spacial score (nSPS) is 13.3. The number of pyridine rings is 1. The SMILES string of the molecule is C=Cc1ccc(C(C)C(C)C)nc1/C=C\C. The highest BCUT2D eigenvalue weighted by Gasteiger charge is 2.12. The van der Waals surface area contributed by atoms with E-state index in [1.54, 1.807) is 0 Å². The van der Waals surface area contributed by atoms with E-state index in [0.29, 0.717) is 11.8 Å². The summed E-state index contributed by atoms with van der Waals surface area (Å²) in [5.74, 6) is 1.10. The topological polar surface area (TPSA) is 12.9 Å². The first-order valence-electron chi connectivity index (χ1n) is 5.86. The number of aromatic nitrogens is 1. The predicted octanol–water partition coefficient (Wildman–Crippen LogP) is 4.52. The molecular weight excluding hydrogens is 194 g/mol. The molecule has 0 bridgehead atoms. The number of rotatable bonds is 4. The first-order chi connectivity index (χ1) is 7.60. The fraction of sp³-hybridized carbons (Fsp3) is 0.400. The van der Waals surface area contributed by atoms with Gasteiger partial charge in [-0.1, -0.05) is 45.6 Å². The molecule has 0 saturated carbocycles. The molecule has 0 radical (unpaired) electrons. The molecule has 0 aromatic carbocycles. The Kier molecular flexibility index (Phi) is 4.48. The van der Waals surface area contributed by atoms with Crippen LogP contribution in [0.25, 0.3) is 12.2 Å². The van der Waals surface area contributed by atoms with Gasteiger partial charge in [-0.25, -0.2) is 0 Å². The molecule has 0 spiro atoms. The van der Waals surface area contributed by atoms with Crippen LogP contribution in [0.3, 0.4) is 0 Å². The van der Waals surface area contributed by atoms with Crippen LogP contribution in [0.15, 0.2) is 24.8 Å². The zero-order chi connectivity index (χ0) is 12.1. The van der Waals surface area contributed by atoms with Crippen molar-refractivity contribution in [2.24, 2.45) is 5.92 Å². The molecule has 1 aromatic rings. The van der Waals surface area contributed by atoms with E-state index >= 15 is 0 Å². The Morgan fingerprint density at radius 3 is 2.44 bits per heavy atom. The maximum Gasteiger partial charge on any atom is 0.0701 e. The molecule has 1 heteroatoms. The van der Waals surface area contributed by atoms with Gasteiger partial charge in [0.1, 0.15) is 0 Å². The summed E-state index contributed by atoms with van der Waals surface area (Å²) in [6.45, 7) is 12.5. The molecule has 0 aliphatic rings. The zero-order valence-electron chi connectivity index (χ0n) is 10.7. The third-order valence-corrected chi connectivity index (χ3v) is 2.99. The van der Waals surface area contributed by atoms with Crippen molar-refractivity contribution in [2.45, 2.75) is 33.6 Å². The minimum atomic E-state index is 0.489. The summed E-state index contributed by atoms with van der Waals surface area (Å²) in [7, 11) is 0. The Bertz CT molecular complexity index is 388. The molecule has 1 aromatic heterocycles. The average Bonchev–Trinajstić information content (AvgIpc) is 2.28. The van der Waals surface area contributed by atoms with E-state index < -0.39 is 0 Å². The molecule has 1 heterocycles. The average molecular weight is 215 g/mol. The van der Waals surface area contributed by atoms with Crippen molar-refractivity contribution < 1.29 is 0 Å². The van der Waals surface area contributed by atoms with Gasteiger partial charge in [0, 0.05) is 11.6 Å². The van der Waals surface area contributed by atoms with Crippen LogP contribution in [0.1, 0.15) is 50.6 Å². The van der Waals surface area contributed by atoms with Crippen LogP contribution >= 0.6 is 0 Å². The van der Waals surface area contributed by atoms with Crippen LogP contribution in [-0.4, -0.2) is 4.98 Å². The molecule has 0 aliphatic heterocycles. The standard InChI is InChI=1S/C15H21N/c1-6-8-15-13(7-2)9-10-14(16-15)12(5)11(3)4/h6-12H,2H2,1,3-5H3/b8-6-. The number of hydrogen-bond donors (Lipinski definition) is 0. The fourth-order valence-corrected chi connectivity index (χ4v) is 1.56. The van der Waals surface area contributed by atoms with E-state index in [1.165, 1.54) is 0 Å². The highest BCUT2D eigenvalue weighted by Crippen LogP contribution is 2.23. The Hall–Kier alpha value is -1.37. The van der Waals surface area contributed by atoms with Crippen molar-refractivity contribution in [3.8, 4) is 0 Å². The second-order valence-electron chi connectivity index (χ2n) is 4.45. The lowest BCUT2D eigenvalue weighted by molar-refractivity contribution is 0.523. The molecule has 0 aliphatic carbocycles. The van der Waals surface area contributed by atoms with E-state index in [1.807, 2.05) is 25.2 Å². The molecule has 86 valence electrons. The van der Waals surface area contributed by atoms with Crippen LogP contribution in [0.5, 0.6) is 0 Å². The van der Waals surface area contributed by atoms with E-state index in [4.69, 9.17) is 4.98 Å². The summed E-state index contributed by atoms with van der Waals surface area (Å²) in [6.07, 6.45) is 5.90. The molecular formula is C15H21N. The molecule has 1 rings (SSSR count). The lowest BCUT2D eigenvalue weighted by Gasteiger charge is -2.16. The minimum Gasteiger partial charge on any atom is -0.253 e. The second kappa shape index (κ2) is 5.64. The van der Waals surface area contributed by atoms with Crippen LogP contribution in [0.2, 0.25) is 0 Å². The van der Waals surface area contributed by atoms with Crippen molar-refractivity contribution in [3.63, 3.8) is 0 Å². The molecule has 0 fully saturated rings. The third kappa shape index (κ3) is 2.82. The minimum absolute atomic E-state index is 0.489. The van der Waals surface area contributed by atoms with E-state index in [2.05, 4.69) is 39.5 Å². The van der Waals surface area contributed by atoms with Crippen molar-refractivity contribution in [2.75, 3.05) is 0 Å². The molecule has 1 atom stereocenters. The summed E-state index contributed by atoms with van der Waals surface area (Å²) >= 11 is 0. The maximum atomic E-state index is 4.70. The maximum absolute atomic E-state index is 4.70. The quantitative estimate of drug-likeness (QED) is 0.719. The van der Waals surface area contributed by atoms with Crippen molar-refractivity contribution in [1.29, 1.82) is 0 Å². The first-order valence-corrected chi connectivity index (χ1v) is 5.86. The van der Waals surface area contributed by atoms with E-state index in [9.17, 15) is 0 Å². The number of nitrogens with zero attached hydrogens (tertiary/aromatic N) is 1. The van der Waals surface area contributed by atoms with Gasteiger partial charge in [0.2, 0.25) is 0 Å². The number of hydrogen-bond acceptors (Lipinski definition) is 1. The van der Waals surface area contributed by atoms with Crippen LogP contribution in [0.4, 0.5) is 0 Å². The van der Waals surface area contributed by atoms with Gasteiger partial charge in [-0.15, -0.1) is 0 Å². The lowest BCUT2D eigenvalue weighted by atomic mass is 9.93. The Balaban J connectivity index is 3.16. The van der Waals surface area contributed by atoms with Crippen molar-refractivity contribution >= 4 is 12.2 Å². The van der Waals surface area contributed by atoms with Gasteiger partial charge in [0.05, 0.1) is 5.69 Å². The van der Waals surface area contributed by atoms with Crippen LogP contribution in [0, 0.1) is 5.92 Å². The molecule has 1 nitrogen and oxygen atoms in total. The Morgan fingerprint density at radius 2 is 1.94 bits per heavy atom. The summed E-state index contributed by atoms with van der Waals surface area (Å²) in [5, 5.41) is 0. The Labute approximate surface area is 98.9 Å². The molecule has 1 unspecified atom stereocenters. The monoisotopic (exact) mass is 215 g/mol. The fourth-order valence-electron chi connectivity index (χ4n) is 1.56. The highest BCUT2D eigenvalue weighted by atomic mass is 14.7. The third-order valence-electron chi connectivity index (χ3n) is 2.99. The second-order valence-corrected chi connectivity index (χ2v) is 4.45. The van der Waals surface area contributed by atoms with Crippen molar-refractivity contribution in [3.05, 3.63) is 41.7 Å². The molecule has 0 N–H and O–H groups in total. The van der Waals surface area contributed by atoms with E-state index in [-0.39, 0.29) is 0 Å². The lowest BCUT2D eigenvalue weighted by Crippen LogP contribution is -2.05. The van der Waals surface area contributed by atoms with Gasteiger partial charge in [-0.2, -0.15) is 0 Å². The summed E-state index contributed by atoms with van der Waals surface area (Å²) in [6, 6.07) is 4.21. The highest BCUT2D eigenvalue weighted by molar-refractivity contribution is 5.61. The number of allylic oxidation sites excluding steroid dienone is 1. The van der Waals surface area contributed by atoms with E-state index in [0.717, 1.165) is 17.0 Å². The van der Waals surface area contributed by atoms with Crippen molar-refractivity contribution in [1.82, 2.24) is 4.98 Å². The largest absolute Gasteiger partial charge is 0.253 e. The summed E-state index contributed by atoms with van der Waals surface area (Å²) < 4.78 is 0. The Morgan fingerprint density at radius 1 is 1.25 bits per heavy atom. The van der Waals surface area contributed by atoms with Gasteiger partial charge < -0.3 is 0 Å². The molecule has 16 heavy (non-hydrogen) atoms. The summed E-state index contributed by atoms with van der Waals surface area (Å²) in [4.78, 5) is 4.70. The van der Waals surface area contributed by atoms with Crippen LogP contribution in [-0.2, 0) is 0 Å². The molecule has 0 saturated heterocycles. The first kappa shape index (κ1) is 12.7. The summed E-state index contributed by atoms with van der Waals surface area (Å²) in [5.41, 5.74) is 3.27.